The van der Waals surface area contributed by atoms with E-state index in [4.69, 9.17) is 0 Å². The molecule has 0 aliphatic heterocycles. The molecule has 4 rings (SSSR count). The van der Waals surface area contributed by atoms with Crippen LogP contribution in [0.3, 0.4) is 0 Å². The molecule has 3 nitrogen and oxygen atoms in total. The van der Waals surface area contributed by atoms with E-state index in [0.29, 0.717) is 12.8 Å². The molecule has 2 atom stereocenters. The summed E-state index contributed by atoms with van der Waals surface area (Å²) in [4.78, 5) is 13.5. The Balaban J connectivity index is 1.51. The fourth-order valence-electron chi connectivity index (χ4n) is 4.49. The van der Waals surface area contributed by atoms with Crippen LogP contribution in [0, 0.1) is 0 Å². The lowest BCUT2D eigenvalue weighted by molar-refractivity contribution is -0.119. The molecule has 2 N–H and O–H groups in total. The Kier molecular flexibility index (Phi) is 8.93. The second-order valence-electron chi connectivity index (χ2n) is 9.26. The van der Waals surface area contributed by atoms with Crippen LogP contribution in [0.25, 0.3) is 0 Å². The summed E-state index contributed by atoms with van der Waals surface area (Å²) in [6.45, 7) is 4.31. The minimum atomic E-state index is -0.0913. The number of rotatable bonds is 12. The lowest BCUT2D eigenvalue weighted by atomic mass is 9.95. The third-order valence-electron chi connectivity index (χ3n) is 6.67. The van der Waals surface area contributed by atoms with E-state index in [2.05, 4.69) is 97.3 Å². The second kappa shape index (κ2) is 12.7. The summed E-state index contributed by atoms with van der Waals surface area (Å²) in [5, 5.41) is 7.22. The average Bonchev–Trinajstić information content (AvgIpc) is 2.94. The largest absolute Gasteiger partial charge is 0.378 e. The van der Waals surface area contributed by atoms with Crippen molar-refractivity contribution < 1.29 is 4.79 Å². The molecule has 0 aliphatic rings. The molecule has 0 bridgehead atoms. The van der Waals surface area contributed by atoms with Crippen LogP contribution < -0.4 is 10.6 Å². The molecule has 2 unspecified atom stereocenters. The Bertz CT molecular complexity index is 1110. The number of aryl methyl sites for hydroxylation is 2. The Morgan fingerprint density at radius 2 is 0.917 bits per heavy atom. The van der Waals surface area contributed by atoms with E-state index in [1.165, 1.54) is 11.1 Å². The van der Waals surface area contributed by atoms with Gasteiger partial charge in [0.1, 0.15) is 5.78 Å². The molecule has 0 saturated carbocycles. The van der Waals surface area contributed by atoms with Crippen molar-refractivity contribution >= 4 is 17.2 Å². The zero-order chi connectivity index (χ0) is 25.2. The molecular weight excluding hydrogens is 440 g/mol. The van der Waals surface area contributed by atoms with Crippen LogP contribution in [0.15, 0.2) is 109 Å². The minimum Gasteiger partial charge on any atom is -0.378 e. The SMILES string of the molecule is CCc1ccc(NC(CC(=O)CC(Nc2ccc(CC)cc2)c2ccccc2)c2ccccc2)cc1. The van der Waals surface area contributed by atoms with Crippen LogP contribution in [0.2, 0.25) is 0 Å². The third-order valence-corrected chi connectivity index (χ3v) is 6.67. The van der Waals surface area contributed by atoms with Gasteiger partial charge in [-0.2, -0.15) is 0 Å². The zero-order valence-electron chi connectivity index (χ0n) is 21.3. The first-order chi connectivity index (χ1) is 17.6. The van der Waals surface area contributed by atoms with Gasteiger partial charge in [-0.15, -0.1) is 0 Å². The van der Waals surface area contributed by atoms with Gasteiger partial charge in [0.2, 0.25) is 0 Å². The summed E-state index contributed by atoms with van der Waals surface area (Å²) in [6, 6.07) is 37.3. The zero-order valence-corrected chi connectivity index (χ0v) is 21.3. The molecule has 36 heavy (non-hydrogen) atoms. The molecule has 0 aromatic heterocycles. The van der Waals surface area contributed by atoms with Gasteiger partial charge in [0, 0.05) is 24.2 Å². The summed E-state index contributed by atoms with van der Waals surface area (Å²) in [5.74, 6) is 0.216. The standard InChI is InChI=1S/C33H36N2O/c1-3-25-15-19-29(20-16-25)34-32(27-11-7-5-8-12-27)23-31(36)24-33(28-13-9-6-10-14-28)35-30-21-17-26(4-2)18-22-30/h5-22,32-35H,3-4,23-24H2,1-2H3. The number of anilines is 2. The molecule has 0 fully saturated rings. The Labute approximate surface area is 215 Å². The predicted octanol–water partition coefficient (Wildman–Crippen LogP) is 8.17. The highest BCUT2D eigenvalue weighted by atomic mass is 16.1. The van der Waals surface area contributed by atoms with Crippen molar-refractivity contribution in [2.45, 2.75) is 51.6 Å². The lowest BCUT2D eigenvalue weighted by Crippen LogP contribution is -2.20. The highest BCUT2D eigenvalue weighted by Gasteiger charge is 2.21. The molecule has 0 radical (unpaired) electrons. The van der Waals surface area contributed by atoms with E-state index in [-0.39, 0.29) is 17.9 Å². The Hall–Kier alpha value is -3.85. The van der Waals surface area contributed by atoms with E-state index in [1.807, 2.05) is 36.4 Å². The van der Waals surface area contributed by atoms with Crippen molar-refractivity contribution in [2.75, 3.05) is 10.6 Å². The topological polar surface area (TPSA) is 41.1 Å². The van der Waals surface area contributed by atoms with Gasteiger partial charge >= 0.3 is 0 Å². The number of hydrogen-bond donors (Lipinski definition) is 2. The number of carbonyl (C=O) groups excluding carboxylic acids is 1. The van der Waals surface area contributed by atoms with Crippen molar-refractivity contribution in [3.63, 3.8) is 0 Å². The van der Waals surface area contributed by atoms with Crippen molar-refractivity contribution in [2.24, 2.45) is 0 Å². The lowest BCUT2D eigenvalue weighted by Gasteiger charge is -2.23. The molecule has 3 heteroatoms. The van der Waals surface area contributed by atoms with Crippen LogP contribution in [0.5, 0.6) is 0 Å². The van der Waals surface area contributed by atoms with Gasteiger partial charge in [-0.25, -0.2) is 0 Å². The quantitative estimate of drug-likeness (QED) is 0.217. The fourth-order valence-corrected chi connectivity index (χ4v) is 4.49. The van der Waals surface area contributed by atoms with Gasteiger partial charge in [0.05, 0.1) is 12.1 Å². The summed E-state index contributed by atoms with van der Waals surface area (Å²) < 4.78 is 0. The van der Waals surface area contributed by atoms with E-state index >= 15 is 0 Å². The molecule has 4 aromatic rings. The van der Waals surface area contributed by atoms with E-state index < -0.39 is 0 Å². The maximum atomic E-state index is 13.5. The molecule has 0 spiro atoms. The molecule has 0 heterocycles. The summed E-state index contributed by atoms with van der Waals surface area (Å²) in [6.07, 6.45) is 2.85. The highest BCUT2D eigenvalue weighted by Crippen LogP contribution is 2.28. The van der Waals surface area contributed by atoms with E-state index in [9.17, 15) is 4.79 Å². The molecule has 0 amide bonds. The summed E-state index contributed by atoms with van der Waals surface area (Å²) >= 11 is 0. The fraction of sp³-hybridized carbons (Fsp3) is 0.242. The second-order valence-corrected chi connectivity index (χ2v) is 9.26. The van der Waals surface area contributed by atoms with E-state index in [1.54, 1.807) is 0 Å². The van der Waals surface area contributed by atoms with E-state index in [0.717, 1.165) is 35.3 Å². The molecule has 184 valence electrons. The first-order valence-electron chi connectivity index (χ1n) is 13.0. The maximum absolute atomic E-state index is 13.5. The number of ketones is 1. The molecule has 0 aliphatic carbocycles. The number of hydrogen-bond acceptors (Lipinski definition) is 3. The van der Waals surface area contributed by atoms with Crippen molar-refractivity contribution in [3.8, 4) is 0 Å². The first-order valence-corrected chi connectivity index (χ1v) is 13.0. The highest BCUT2D eigenvalue weighted by molar-refractivity contribution is 5.81. The van der Waals surface area contributed by atoms with Crippen molar-refractivity contribution in [1.29, 1.82) is 0 Å². The molecular formula is C33H36N2O. The van der Waals surface area contributed by atoms with Crippen LogP contribution in [0.1, 0.15) is 61.0 Å². The number of nitrogens with one attached hydrogen (secondary N) is 2. The van der Waals surface area contributed by atoms with Gasteiger partial charge in [-0.3, -0.25) is 4.79 Å². The van der Waals surface area contributed by atoms with Crippen LogP contribution in [-0.4, -0.2) is 5.78 Å². The van der Waals surface area contributed by atoms with Gasteiger partial charge in [-0.1, -0.05) is 98.8 Å². The number of benzene rings is 4. The maximum Gasteiger partial charge on any atom is 0.137 e. The Morgan fingerprint density at radius 1 is 0.556 bits per heavy atom. The van der Waals surface area contributed by atoms with Crippen molar-refractivity contribution in [3.05, 3.63) is 131 Å². The molecule has 4 aromatic carbocycles. The van der Waals surface area contributed by atoms with Crippen molar-refractivity contribution in [1.82, 2.24) is 0 Å². The average molecular weight is 477 g/mol. The van der Waals surface area contributed by atoms with Gasteiger partial charge in [0.25, 0.3) is 0 Å². The summed E-state index contributed by atoms with van der Waals surface area (Å²) in [7, 11) is 0. The van der Waals surface area contributed by atoms with Gasteiger partial charge in [-0.05, 0) is 59.4 Å². The first kappa shape index (κ1) is 25.2. The predicted molar refractivity (Wildman–Crippen MR) is 151 cm³/mol. The minimum absolute atomic E-state index is 0.0913. The Morgan fingerprint density at radius 3 is 1.25 bits per heavy atom. The van der Waals surface area contributed by atoms with Gasteiger partial charge < -0.3 is 10.6 Å². The number of Topliss-reactive ketones (excluding diaryl/α,β-unsaturated/α-hetero) is 1. The monoisotopic (exact) mass is 476 g/mol. The van der Waals surface area contributed by atoms with Crippen LogP contribution in [-0.2, 0) is 17.6 Å². The van der Waals surface area contributed by atoms with Gasteiger partial charge in [0.15, 0.2) is 0 Å². The molecule has 0 saturated heterocycles. The normalized spacial score (nSPS) is 12.5. The summed E-state index contributed by atoms with van der Waals surface area (Å²) in [5.41, 5.74) is 6.90. The third kappa shape index (κ3) is 7.08. The van der Waals surface area contributed by atoms with Crippen LogP contribution in [0.4, 0.5) is 11.4 Å². The smallest absolute Gasteiger partial charge is 0.137 e. The number of carbonyl (C=O) groups is 1. The van der Waals surface area contributed by atoms with Crippen LogP contribution >= 0.6 is 0 Å².